The molecule has 1 saturated heterocycles. The Bertz CT molecular complexity index is 414. The van der Waals surface area contributed by atoms with E-state index >= 15 is 0 Å². The Morgan fingerprint density at radius 2 is 1.39 bits per heavy atom. The predicted molar refractivity (Wildman–Crippen MR) is 67.8 cm³/mol. The molecule has 0 radical (unpaired) electrons. The lowest BCUT2D eigenvalue weighted by atomic mass is 9.79. The van der Waals surface area contributed by atoms with Gasteiger partial charge in [-0.3, -0.25) is 4.57 Å². The minimum atomic E-state index is -0.407. The molecule has 18 heavy (non-hydrogen) atoms. The molecule has 1 aliphatic heterocycles. The van der Waals surface area contributed by atoms with Gasteiger partial charge in [0.2, 0.25) is 0 Å². The number of aromatic hydroxyl groups is 2. The van der Waals surface area contributed by atoms with Gasteiger partial charge in [0.1, 0.15) is 0 Å². The van der Waals surface area contributed by atoms with Crippen LogP contribution in [0.5, 0.6) is 11.8 Å². The molecular weight excluding hydrogens is 232 g/mol. The topological polar surface area (TPSA) is 68.9 Å². The normalized spacial score (nSPS) is 24.3. The zero-order valence-electron chi connectivity index (χ0n) is 11.4. The van der Waals surface area contributed by atoms with Gasteiger partial charge in [0.05, 0.1) is 0 Å². The van der Waals surface area contributed by atoms with Crippen LogP contribution in [-0.4, -0.2) is 36.1 Å². The molecule has 3 N–H and O–H groups in total. The van der Waals surface area contributed by atoms with Crippen molar-refractivity contribution >= 4 is 0 Å². The van der Waals surface area contributed by atoms with Crippen molar-refractivity contribution in [2.45, 2.75) is 57.7 Å². The summed E-state index contributed by atoms with van der Waals surface area (Å²) in [5, 5.41) is 31.2. The fourth-order valence-corrected chi connectivity index (χ4v) is 3.20. The highest BCUT2D eigenvalue weighted by Gasteiger charge is 2.46. The highest BCUT2D eigenvalue weighted by Crippen LogP contribution is 2.45. The van der Waals surface area contributed by atoms with Crippen molar-refractivity contribution in [2.24, 2.45) is 0 Å². The molecule has 0 atom stereocenters. The average Bonchev–Trinajstić information content (AvgIpc) is 2.54. The van der Waals surface area contributed by atoms with Gasteiger partial charge in [-0.05, 0) is 40.5 Å². The average molecular weight is 254 g/mol. The fraction of sp³-hybridized carbons (Fsp3) is 0.692. The van der Waals surface area contributed by atoms with Crippen LogP contribution in [0.25, 0.3) is 0 Å². The van der Waals surface area contributed by atoms with Crippen molar-refractivity contribution in [3.05, 3.63) is 12.1 Å². The summed E-state index contributed by atoms with van der Waals surface area (Å²) in [4.78, 5) is 0. The van der Waals surface area contributed by atoms with E-state index < -0.39 is 11.1 Å². The quantitative estimate of drug-likeness (QED) is 0.720. The van der Waals surface area contributed by atoms with Gasteiger partial charge in [0.25, 0.3) is 0 Å². The molecule has 1 aliphatic rings. The SMILES string of the molecule is CC1(C)CC(n2c(O)ccc2O)CC(C)(C)N1O. The number of hydrogen-bond donors (Lipinski definition) is 3. The molecule has 0 aromatic carbocycles. The summed E-state index contributed by atoms with van der Waals surface area (Å²) < 4.78 is 1.54. The van der Waals surface area contributed by atoms with Gasteiger partial charge in [-0.25, -0.2) is 0 Å². The van der Waals surface area contributed by atoms with Crippen LogP contribution in [0.4, 0.5) is 0 Å². The first-order valence-corrected chi connectivity index (χ1v) is 6.23. The van der Waals surface area contributed by atoms with Crippen molar-refractivity contribution < 1.29 is 15.4 Å². The van der Waals surface area contributed by atoms with E-state index in [1.807, 2.05) is 27.7 Å². The Morgan fingerprint density at radius 3 is 1.78 bits per heavy atom. The van der Waals surface area contributed by atoms with E-state index in [-0.39, 0.29) is 17.8 Å². The summed E-state index contributed by atoms with van der Waals surface area (Å²) in [6.07, 6.45) is 1.31. The minimum Gasteiger partial charge on any atom is -0.494 e. The maximum Gasteiger partial charge on any atom is 0.194 e. The number of rotatable bonds is 1. The number of aromatic nitrogens is 1. The summed E-state index contributed by atoms with van der Waals surface area (Å²) in [6, 6.07) is 2.94. The lowest BCUT2D eigenvalue weighted by Crippen LogP contribution is -2.59. The standard InChI is InChI=1S/C13H22N2O3/c1-12(2)7-9(8-13(3,4)15(12)18)14-10(16)5-6-11(14)17/h5-6,9,16-18H,7-8H2,1-4H3. The number of hydroxylamine groups is 2. The van der Waals surface area contributed by atoms with E-state index in [0.29, 0.717) is 12.8 Å². The van der Waals surface area contributed by atoms with Crippen LogP contribution in [0.1, 0.15) is 46.6 Å². The van der Waals surface area contributed by atoms with Crippen molar-refractivity contribution in [2.75, 3.05) is 0 Å². The first-order valence-electron chi connectivity index (χ1n) is 6.23. The van der Waals surface area contributed by atoms with Crippen LogP contribution in [0.15, 0.2) is 12.1 Å². The Labute approximate surface area is 107 Å². The summed E-state index contributed by atoms with van der Waals surface area (Å²) in [6.45, 7) is 7.83. The second kappa shape index (κ2) is 3.90. The Balaban J connectivity index is 2.37. The van der Waals surface area contributed by atoms with Crippen LogP contribution >= 0.6 is 0 Å². The third-order valence-corrected chi connectivity index (χ3v) is 3.86. The molecule has 1 fully saturated rings. The molecule has 0 unspecified atom stereocenters. The van der Waals surface area contributed by atoms with Gasteiger partial charge in [0, 0.05) is 29.3 Å². The molecular formula is C13H22N2O3. The number of hydrogen-bond acceptors (Lipinski definition) is 4. The highest BCUT2D eigenvalue weighted by molar-refractivity contribution is 5.25. The second-order valence-corrected chi connectivity index (χ2v) is 6.42. The van der Waals surface area contributed by atoms with Crippen LogP contribution in [0.2, 0.25) is 0 Å². The van der Waals surface area contributed by atoms with Crippen LogP contribution in [0, 0.1) is 0 Å². The molecule has 2 heterocycles. The molecule has 5 heteroatoms. The molecule has 1 aromatic rings. The van der Waals surface area contributed by atoms with Gasteiger partial charge in [0.15, 0.2) is 11.8 Å². The summed E-state index contributed by atoms with van der Waals surface area (Å²) >= 11 is 0. The second-order valence-electron chi connectivity index (χ2n) is 6.42. The van der Waals surface area contributed by atoms with Gasteiger partial charge >= 0.3 is 0 Å². The Hall–Kier alpha value is -1.20. The van der Waals surface area contributed by atoms with E-state index in [0.717, 1.165) is 0 Å². The number of nitrogens with zero attached hydrogens (tertiary/aromatic N) is 2. The molecule has 0 spiro atoms. The molecule has 102 valence electrons. The maximum absolute atomic E-state index is 10.2. The molecule has 5 nitrogen and oxygen atoms in total. The summed E-state index contributed by atoms with van der Waals surface area (Å²) in [5.74, 6) is 0.131. The lowest BCUT2D eigenvalue weighted by molar-refractivity contribution is -0.249. The van der Waals surface area contributed by atoms with Gasteiger partial charge in [-0.15, -0.1) is 0 Å². The van der Waals surface area contributed by atoms with Gasteiger partial charge < -0.3 is 15.4 Å². The smallest absolute Gasteiger partial charge is 0.194 e. The van der Waals surface area contributed by atoms with Crippen molar-refractivity contribution in [3.63, 3.8) is 0 Å². The zero-order valence-corrected chi connectivity index (χ0v) is 11.4. The Kier molecular flexibility index (Phi) is 2.87. The monoisotopic (exact) mass is 254 g/mol. The zero-order chi connectivity index (χ0) is 13.7. The lowest BCUT2D eigenvalue weighted by Gasteiger charge is -2.51. The fourth-order valence-electron chi connectivity index (χ4n) is 3.20. The van der Waals surface area contributed by atoms with E-state index in [1.54, 1.807) is 0 Å². The van der Waals surface area contributed by atoms with Crippen LogP contribution < -0.4 is 0 Å². The van der Waals surface area contributed by atoms with Crippen LogP contribution in [0.3, 0.4) is 0 Å². The van der Waals surface area contributed by atoms with Crippen molar-refractivity contribution in [1.82, 2.24) is 9.63 Å². The summed E-state index contributed by atoms with van der Waals surface area (Å²) in [5.41, 5.74) is -0.814. The third kappa shape index (κ3) is 1.97. The molecule has 0 saturated carbocycles. The van der Waals surface area contributed by atoms with E-state index in [1.165, 1.54) is 21.8 Å². The largest absolute Gasteiger partial charge is 0.494 e. The molecule has 2 rings (SSSR count). The summed E-state index contributed by atoms with van der Waals surface area (Å²) in [7, 11) is 0. The van der Waals surface area contributed by atoms with Crippen molar-refractivity contribution in [1.29, 1.82) is 0 Å². The van der Waals surface area contributed by atoms with Gasteiger partial charge in [-0.2, -0.15) is 5.06 Å². The Morgan fingerprint density at radius 1 is 1.00 bits per heavy atom. The maximum atomic E-state index is 10.2. The first kappa shape index (κ1) is 13.2. The van der Waals surface area contributed by atoms with Gasteiger partial charge in [-0.1, -0.05) is 0 Å². The molecule has 0 aliphatic carbocycles. The van der Waals surface area contributed by atoms with Crippen molar-refractivity contribution in [3.8, 4) is 11.8 Å². The van der Waals surface area contributed by atoms with E-state index in [4.69, 9.17) is 0 Å². The predicted octanol–water partition coefficient (Wildman–Crippen LogP) is 2.48. The molecule has 0 bridgehead atoms. The third-order valence-electron chi connectivity index (χ3n) is 3.86. The molecule has 0 amide bonds. The highest BCUT2D eigenvalue weighted by atomic mass is 16.5. The van der Waals surface area contributed by atoms with Crippen LogP contribution in [-0.2, 0) is 0 Å². The molecule has 1 aromatic heterocycles. The first-order chi connectivity index (χ1) is 8.15. The van der Waals surface area contributed by atoms with E-state index in [2.05, 4.69) is 0 Å². The number of piperidine rings is 1. The van der Waals surface area contributed by atoms with E-state index in [9.17, 15) is 15.4 Å². The minimum absolute atomic E-state index is 0.0339.